The molecule has 0 aromatic carbocycles. The highest BCUT2D eigenvalue weighted by molar-refractivity contribution is 5.95. The summed E-state index contributed by atoms with van der Waals surface area (Å²) in [6.45, 7) is 14.1. The molecule has 0 aromatic heterocycles. The highest BCUT2D eigenvalue weighted by Gasteiger charge is 2.61. The summed E-state index contributed by atoms with van der Waals surface area (Å²) < 4.78 is 19.6. The van der Waals surface area contributed by atoms with Crippen molar-refractivity contribution in [1.29, 1.82) is 0 Å². The third kappa shape index (κ3) is 8.30. The Balaban J connectivity index is 0.000000191. The van der Waals surface area contributed by atoms with E-state index >= 15 is 0 Å². The molecule has 8 aliphatic carbocycles. The number of carbonyl (C=O) groups is 6. The number of ether oxygens (including phenoxy) is 4. The molecule has 0 saturated heterocycles. The lowest BCUT2D eigenvalue weighted by atomic mass is 9.46. The minimum absolute atomic E-state index is 0.110. The van der Waals surface area contributed by atoms with Gasteiger partial charge in [0, 0.05) is 12.8 Å². The van der Waals surface area contributed by atoms with Crippen LogP contribution in [0.2, 0.25) is 0 Å². The van der Waals surface area contributed by atoms with E-state index in [1.165, 1.54) is 91.0 Å². The fourth-order valence-electron chi connectivity index (χ4n) is 16.7. The Kier molecular flexibility index (Phi) is 14.1. The molecule has 8 unspecified atom stereocenters. The molecular weight excluding hydrogens is 809 g/mol. The van der Waals surface area contributed by atoms with Crippen LogP contribution in [0.1, 0.15) is 144 Å². The average Bonchev–Trinajstić information content (AvgIpc) is 3.83. The molecule has 64 heavy (non-hydrogen) atoms. The van der Waals surface area contributed by atoms with Crippen molar-refractivity contribution in [2.24, 2.45) is 92.7 Å². The Hall–Kier alpha value is -3.56. The van der Waals surface area contributed by atoms with Gasteiger partial charge in [0.2, 0.25) is 0 Å². The van der Waals surface area contributed by atoms with Gasteiger partial charge in [-0.25, -0.2) is 0 Å². The monoisotopic (exact) mass is 887 g/mol. The van der Waals surface area contributed by atoms with E-state index in [0.717, 1.165) is 31.6 Å². The molecular formula is C54H78O10. The first-order valence-electron chi connectivity index (χ1n) is 24.8. The van der Waals surface area contributed by atoms with E-state index in [-0.39, 0.29) is 39.3 Å². The summed E-state index contributed by atoms with van der Waals surface area (Å²) in [6, 6.07) is 0. The van der Waals surface area contributed by atoms with Crippen molar-refractivity contribution in [3.8, 4) is 0 Å². The summed E-state index contributed by atoms with van der Waals surface area (Å²) in [4.78, 5) is 73.1. The molecule has 0 radical (unpaired) electrons. The molecule has 8 rings (SSSR count). The Morgan fingerprint density at radius 2 is 1.03 bits per heavy atom. The van der Waals surface area contributed by atoms with Crippen molar-refractivity contribution in [1.82, 2.24) is 0 Å². The van der Waals surface area contributed by atoms with Crippen molar-refractivity contribution in [3.63, 3.8) is 0 Å². The molecule has 0 aromatic rings. The highest BCUT2D eigenvalue weighted by Crippen LogP contribution is 2.69. The molecule has 0 N–H and O–H groups in total. The standard InChI is InChI=1S/C27H40O5.C27H38O5/c2*1-16(14-20(24(29)31-4)25(30)32-5)21-8-9-22-19-7-6-17-15-18(28)10-12-26(17,2)23(19)11-13-27(21,22)3/h15-16,19-23H,6-14H2,1-5H3;6-7,15-16,19-23H,8-14H2,1-5H3/t2*16-,19?,21?,22?,23?,26+,27-/m11/s1. The van der Waals surface area contributed by atoms with E-state index in [1.807, 2.05) is 12.2 Å². The number of ketones is 2. The number of hydrogen-bond acceptors (Lipinski definition) is 10. The first kappa shape index (κ1) is 48.4. The zero-order valence-electron chi connectivity index (χ0n) is 40.6. The quantitative estimate of drug-likeness (QED) is 0.118. The van der Waals surface area contributed by atoms with E-state index in [4.69, 9.17) is 18.9 Å². The van der Waals surface area contributed by atoms with Gasteiger partial charge in [-0.15, -0.1) is 0 Å². The second-order valence-electron chi connectivity index (χ2n) is 22.7. The largest absolute Gasteiger partial charge is 0.468 e. The van der Waals surface area contributed by atoms with Crippen LogP contribution in [0.4, 0.5) is 0 Å². The predicted octanol–water partition coefficient (Wildman–Crippen LogP) is 10.0. The van der Waals surface area contributed by atoms with Crippen molar-refractivity contribution in [2.45, 2.75) is 144 Å². The first-order valence-corrected chi connectivity index (χ1v) is 24.8. The van der Waals surface area contributed by atoms with Gasteiger partial charge in [0.15, 0.2) is 23.4 Å². The molecule has 5 saturated carbocycles. The van der Waals surface area contributed by atoms with Crippen molar-refractivity contribution >= 4 is 35.4 Å². The van der Waals surface area contributed by atoms with Crippen LogP contribution in [-0.4, -0.2) is 63.9 Å². The van der Waals surface area contributed by atoms with E-state index in [1.54, 1.807) is 0 Å². The van der Waals surface area contributed by atoms with Crippen LogP contribution in [0.15, 0.2) is 35.5 Å². The number of methoxy groups -OCH3 is 4. The second-order valence-corrected chi connectivity index (χ2v) is 22.7. The number of rotatable bonds is 10. The maximum absolute atomic E-state index is 12.3. The Labute approximate surface area is 382 Å². The normalized spacial score (nSPS) is 39.2. The van der Waals surface area contributed by atoms with Crippen LogP contribution in [0.3, 0.4) is 0 Å². The maximum atomic E-state index is 12.3. The summed E-state index contributed by atoms with van der Waals surface area (Å²) in [7, 11) is 5.33. The number of esters is 4. The fraction of sp³-hybridized carbons (Fsp3) is 0.778. The number of carbonyl (C=O) groups excluding carboxylic acids is 6. The zero-order valence-corrected chi connectivity index (χ0v) is 40.6. The van der Waals surface area contributed by atoms with Crippen molar-refractivity contribution in [3.05, 3.63) is 35.5 Å². The second kappa shape index (κ2) is 18.6. The summed E-state index contributed by atoms with van der Waals surface area (Å²) in [5.74, 6) is 2.23. The lowest BCUT2D eigenvalue weighted by molar-refractivity contribution is -0.161. The molecule has 0 bridgehead atoms. The molecule has 10 nitrogen and oxygen atoms in total. The zero-order chi connectivity index (χ0) is 46.5. The van der Waals surface area contributed by atoms with Crippen LogP contribution >= 0.6 is 0 Å². The average molecular weight is 887 g/mol. The van der Waals surface area contributed by atoms with E-state index in [2.05, 4.69) is 53.7 Å². The van der Waals surface area contributed by atoms with E-state index in [9.17, 15) is 28.8 Å². The van der Waals surface area contributed by atoms with Crippen molar-refractivity contribution < 1.29 is 47.7 Å². The lowest BCUT2D eigenvalue weighted by Crippen LogP contribution is -2.51. The van der Waals surface area contributed by atoms with Gasteiger partial charge < -0.3 is 18.9 Å². The molecule has 0 amide bonds. The molecule has 354 valence electrons. The summed E-state index contributed by atoms with van der Waals surface area (Å²) in [5.41, 5.74) is 3.41. The fourth-order valence-corrected chi connectivity index (χ4v) is 16.7. The van der Waals surface area contributed by atoms with Gasteiger partial charge in [0.25, 0.3) is 0 Å². The minimum Gasteiger partial charge on any atom is -0.468 e. The molecule has 8 aliphatic rings. The van der Waals surface area contributed by atoms with Crippen LogP contribution in [0.5, 0.6) is 0 Å². The topological polar surface area (TPSA) is 139 Å². The van der Waals surface area contributed by atoms with Gasteiger partial charge in [-0.05, 0) is 188 Å². The maximum Gasteiger partial charge on any atom is 0.320 e. The third-order valence-electron chi connectivity index (χ3n) is 20.2. The number of hydrogen-bond donors (Lipinski definition) is 0. The SMILES string of the molecule is COC(=O)C(C[C@@H](C)C1CCC2C3C=CC4=CC(=O)CC[C@]4(C)C3CC[C@@]21C)C(=O)OC.COC(=O)C(C[C@@H](C)C1CCC2C3CCC4=CC(=O)CC[C@]4(C)C3CC[C@@]21C)C(=O)OC. The summed E-state index contributed by atoms with van der Waals surface area (Å²) >= 11 is 0. The van der Waals surface area contributed by atoms with Gasteiger partial charge in [-0.1, -0.05) is 59.3 Å². The van der Waals surface area contributed by atoms with Gasteiger partial charge in [-0.3, -0.25) is 28.8 Å². The van der Waals surface area contributed by atoms with Crippen LogP contribution in [0, 0.1) is 92.7 Å². The van der Waals surface area contributed by atoms with E-state index in [0.29, 0.717) is 72.9 Å². The van der Waals surface area contributed by atoms with Crippen LogP contribution in [-0.2, 0) is 47.7 Å². The number of fused-ring (bicyclic) bond motifs is 10. The third-order valence-corrected chi connectivity index (χ3v) is 20.2. The molecule has 5 fully saturated rings. The first-order chi connectivity index (χ1) is 30.3. The number of allylic oxidation sites excluding steroid dienone is 5. The minimum atomic E-state index is -0.847. The van der Waals surface area contributed by atoms with Gasteiger partial charge >= 0.3 is 23.9 Å². The predicted molar refractivity (Wildman–Crippen MR) is 243 cm³/mol. The summed E-state index contributed by atoms with van der Waals surface area (Å²) in [6.07, 6.45) is 24.6. The van der Waals surface area contributed by atoms with Gasteiger partial charge in [-0.2, -0.15) is 0 Å². The molecule has 0 aliphatic heterocycles. The molecule has 0 spiro atoms. The van der Waals surface area contributed by atoms with Crippen LogP contribution in [0.25, 0.3) is 0 Å². The van der Waals surface area contributed by atoms with Crippen molar-refractivity contribution in [2.75, 3.05) is 28.4 Å². The highest BCUT2D eigenvalue weighted by atomic mass is 16.5. The smallest absolute Gasteiger partial charge is 0.320 e. The van der Waals surface area contributed by atoms with Crippen LogP contribution < -0.4 is 0 Å². The lowest BCUT2D eigenvalue weighted by Gasteiger charge is -2.58. The summed E-state index contributed by atoms with van der Waals surface area (Å²) in [5, 5.41) is 0. The van der Waals surface area contributed by atoms with E-state index < -0.39 is 35.7 Å². The Morgan fingerprint density at radius 3 is 1.56 bits per heavy atom. The molecule has 14 atom stereocenters. The van der Waals surface area contributed by atoms with Gasteiger partial charge in [0.05, 0.1) is 28.4 Å². The molecule has 0 heterocycles. The molecule has 10 heteroatoms. The van der Waals surface area contributed by atoms with Gasteiger partial charge in [0.1, 0.15) is 0 Å². The Bertz CT molecular complexity index is 1910. The Morgan fingerprint density at radius 1 is 0.562 bits per heavy atom.